The molecule has 4 nitrogen and oxygen atoms in total. The van der Waals surface area contributed by atoms with Crippen LogP contribution in [0.1, 0.15) is 44.3 Å². The zero-order chi connectivity index (χ0) is 9.26. The van der Waals surface area contributed by atoms with E-state index >= 15 is 0 Å². The van der Waals surface area contributed by atoms with Gasteiger partial charge < -0.3 is 0 Å². The molecule has 0 atom stereocenters. The molecule has 1 saturated carbocycles. The van der Waals surface area contributed by atoms with Crippen LogP contribution in [-0.4, -0.2) is 15.2 Å². The maximum Gasteiger partial charge on any atom is 0.340 e. The molecule has 0 unspecified atom stereocenters. The second-order valence-corrected chi connectivity index (χ2v) is 4.02. The van der Waals surface area contributed by atoms with Crippen LogP contribution in [0, 0.1) is 5.92 Å². The predicted molar refractivity (Wildman–Crippen MR) is 49.6 cm³/mol. The molecule has 2 N–H and O–H groups in total. The smallest absolute Gasteiger partial charge is 0.293 e. The Labute approximate surface area is 76.8 Å². The highest BCUT2D eigenvalue weighted by Crippen LogP contribution is 2.33. The summed E-state index contributed by atoms with van der Waals surface area (Å²) in [6.07, 6.45) is 4.81. The van der Waals surface area contributed by atoms with Gasteiger partial charge in [-0.15, -0.1) is 0 Å². The van der Waals surface area contributed by atoms with Gasteiger partial charge in [-0.05, 0) is 18.8 Å². The van der Waals surface area contributed by atoms with Crippen molar-refractivity contribution < 1.29 is 0 Å². The largest absolute Gasteiger partial charge is 0.340 e. The zero-order valence-corrected chi connectivity index (χ0v) is 7.84. The lowest BCUT2D eigenvalue weighted by atomic mass is 9.83. The first kappa shape index (κ1) is 8.53. The maximum atomic E-state index is 10.8. The minimum Gasteiger partial charge on any atom is -0.293 e. The summed E-state index contributed by atoms with van der Waals surface area (Å²) in [5.41, 5.74) is -0.186. The van der Waals surface area contributed by atoms with Crippen LogP contribution in [0.3, 0.4) is 0 Å². The third-order valence-corrected chi connectivity index (χ3v) is 2.92. The van der Waals surface area contributed by atoms with E-state index in [9.17, 15) is 4.79 Å². The van der Waals surface area contributed by atoms with Crippen LogP contribution < -0.4 is 5.69 Å². The van der Waals surface area contributed by atoms with Crippen molar-refractivity contribution in [3.63, 3.8) is 0 Å². The highest BCUT2D eigenvalue weighted by atomic mass is 16.1. The molecular formula is C9H15N3O. The lowest BCUT2D eigenvalue weighted by Crippen LogP contribution is -2.12. The Balaban J connectivity index is 2.06. The summed E-state index contributed by atoms with van der Waals surface area (Å²) in [7, 11) is 0. The van der Waals surface area contributed by atoms with Gasteiger partial charge in [0.05, 0.1) is 0 Å². The quantitative estimate of drug-likeness (QED) is 0.687. The monoisotopic (exact) mass is 181 g/mol. The molecule has 1 aromatic rings. The number of hydrogen-bond donors (Lipinski definition) is 2. The second-order valence-electron chi connectivity index (χ2n) is 4.02. The van der Waals surface area contributed by atoms with Gasteiger partial charge >= 0.3 is 5.69 Å². The van der Waals surface area contributed by atoms with Gasteiger partial charge in [0.2, 0.25) is 0 Å². The van der Waals surface area contributed by atoms with Crippen LogP contribution in [0.25, 0.3) is 0 Å². The zero-order valence-electron chi connectivity index (χ0n) is 7.84. The molecule has 2 rings (SSSR count). The molecule has 0 aliphatic heterocycles. The van der Waals surface area contributed by atoms with E-state index in [2.05, 4.69) is 22.1 Å². The molecule has 4 heteroatoms. The number of rotatable bonds is 1. The van der Waals surface area contributed by atoms with Crippen molar-refractivity contribution in [1.82, 2.24) is 15.2 Å². The molecule has 1 aromatic heterocycles. The average Bonchev–Trinajstić information content (AvgIpc) is 2.53. The fourth-order valence-electron chi connectivity index (χ4n) is 2.01. The first-order valence-corrected chi connectivity index (χ1v) is 4.90. The van der Waals surface area contributed by atoms with Crippen molar-refractivity contribution in [2.24, 2.45) is 5.92 Å². The van der Waals surface area contributed by atoms with Crippen molar-refractivity contribution in [2.75, 3.05) is 0 Å². The topological polar surface area (TPSA) is 61.5 Å². The van der Waals surface area contributed by atoms with Gasteiger partial charge in [-0.1, -0.05) is 19.8 Å². The van der Waals surface area contributed by atoms with Crippen molar-refractivity contribution in [3.8, 4) is 0 Å². The van der Waals surface area contributed by atoms with Crippen LogP contribution in [0.5, 0.6) is 0 Å². The van der Waals surface area contributed by atoms with Crippen molar-refractivity contribution in [3.05, 3.63) is 16.3 Å². The number of hydrogen-bond acceptors (Lipinski definition) is 2. The molecule has 1 aliphatic carbocycles. The van der Waals surface area contributed by atoms with E-state index in [1.54, 1.807) is 0 Å². The van der Waals surface area contributed by atoms with Crippen LogP contribution in [0.4, 0.5) is 0 Å². The fraction of sp³-hybridized carbons (Fsp3) is 0.778. The standard InChI is InChI=1S/C9H15N3O/c1-6-2-4-7(5-3-6)8-10-9(13)12-11-8/h6-7H,2-5H2,1H3,(H2,10,11,12,13). The maximum absolute atomic E-state index is 10.8. The molecule has 0 bridgehead atoms. The molecule has 0 aromatic carbocycles. The summed E-state index contributed by atoms with van der Waals surface area (Å²) in [6, 6.07) is 0. The lowest BCUT2D eigenvalue weighted by molar-refractivity contribution is 0.340. The molecule has 0 amide bonds. The lowest BCUT2D eigenvalue weighted by Gasteiger charge is -2.23. The van der Waals surface area contributed by atoms with Gasteiger partial charge in [0, 0.05) is 5.92 Å². The van der Waals surface area contributed by atoms with Gasteiger partial charge in [-0.2, -0.15) is 5.10 Å². The van der Waals surface area contributed by atoms with E-state index in [0.29, 0.717) is 5.92 Å². The summed E-state index contributed by atoms with van der Waals surface area (Å²) in [4.78, 5) is 13.6. The van der Waals surface area contributed by atoms with Gasteiger partial charge in [0.25, 0.3) is 0 Å². The number of aromatic amines is 2. The fourth-order valence-corrected chi connectivity index (χ4v) is 2.01. The Morgan fingerprint density at radius 1 is 1.31 bits per heavy atom. The van der Waals surface area contributed by atoms with E-state index in [0.717, 1.165) is 24.6 Å². The third-order valence-electron chi connectivity index (χ3n) is 2.92. The Kier molecular flexibility index (Phi) is 2.20. The van der Waals surface area contributed by atoms with E-state index in [-0.39, 0.29) is 5.69 Å². The first-order valence-electron chi connectivity index (χ1n) is 4.90. The number of H-pyrrole nitrogens is 2. The number of aromatic nitrogens is 3. The first-order chi connectivity index (χ1) is 6.25. The van der Waals surface area contributed by atoms with E-state index in [1.807, 2.05) is 0 Å². The summed E-state index contributed by atoms with van der Waals surface area (Å²) in [5, 5.41) is 6.39. The van der Waals surface area contributed by atoms with Crippen molar-refractivity contribution in [1.29, 1.82) is 0 Å². The Hall–Kier alpha value is -1.06. The van der Waals surface area contributed by atoms with Crippen LogP contribution >= 0.6 is 0 Å². The molecule has 0 radical (unpaired) electrons. The highest BCUT2D eigenvalue weighted by molar-refractivity contribution is 4.95. The molecule has 72 valence electrons. The van der Waals surface area contributed by atoms with Crippen LogP contribution in [0.15, 0.2) is 4.79 Å². The average molecular weight is 181 g/mol. The van der Waals surface area contributed by atoms with E-state index in [4.69, 9.17) is 0 Å². The molecule has 1 aliphatic rings. The summed E-state index contributed by atoms with van der Waals surface area (Å²) in [6.45, 7) is 2.28. The SMILES string of the molecule is CC1CCC(c2n[nH]c(=O)[nH]2)CC1. The summed E-state index contributed by atoms with van der Waals surface area (Å²) >= 11 is 0. The normalized spacial score (nSPS) is 29.0. The van der Waals surface area contributed by atoms with Crippen molar-refractivity contribution in [2.45, 2.75) is 38.5 Å². The number of nitrogens with one attached hydrogen (secondary N) is 2. The van der Waals surface area contributed by atoms with E-state index in [1.165, 1.54) is 12.8 Å². The van der Waals surface area contributed by atoms with Crippen LogP contribution in [-0.2, 0) is 0 Å². The Morgan fingerprint density at radius 2 is 2.00 bits per heavy atom. The molecule has 0 spiro atoms. The van der Waals surface area contributed by atoms with Gasteiger partial charge in [-0.25, -0.2) is 9.89 Å². The highest BCUT2D eigenvalue weighted by Gasteiger charge is 2.21. The second kappa shape index (κ2) is 3.36. The number of nitrogens with zero attached hydrogens (tertiary/aromatic N) is 1. The van der Waals surface area contributed by atoms with Gasteiger partial charge in [-0.3, -0.25) is 4.98 Å². The summed E-state index contributed by atoms with van der Waals surface area (Å²) < 4.78 is 0. The minimum absolute atomic E-state index is 0.186. The molecule has 1 heterocycles. The third kappa shape index (κ3) is 1.82. The molecule has 0 saturated heterocycles. The predicted octanol–water partition coefficient (Wildman–Crippen LogP) is 1.39. The van der Waals surface area contributed by atoms with Crippen molar-refractivity contribution >= 4 is 0 Å². The Morgan fingerprint density at radius 3 is 2.54 bits per heavy atom. The van der Waals surface area contributed by atoms with Gasteiger partial charge in [0.1, 0.15) is 5.82 Å². The minimum atomic E-state index is -0.186. The molecule has 13 heavy (non-hydrogen) atoms. The Bertz CT molecular complexity index is 320. The van der Waals surface area contributed by atoms with Gasteiger partial charge in [0.15, 0.2) is 0 Å². The molecular weight excluding hydrogens is 166 g/mol. The van der Waals surface area contributed by atoms with Crippen LogP contribution in [0.2, 0.25) is 0 Å². The van der Waals surface area contributed by atoms with E-state index < -0.39 is 0 Å². The summed E-state index contributed by atoms with van der Waals surface area (Å²) in [5.74, 6) is 2.15. The molecule has 1 fully saturated rings.